The monoisotopic (exact) mass is 230 g/mol. The molecule has 1 aromatic rings. The summed E-state index contributed by atoms with van der Waals surface area (Å²) in [5, 5.41) is 9.02. The Morgan fingerprint density at radius 1 is 1.64 bits per heavy atom. The minimum atomic E-state index is -3.04. The van der Waals surface area contributed by atoms with E-state index in [0.29, 0.717) is 16.3 Å². The third-order valence-corrected chi connectivity index (χ3v) is 4.35. The summed E-state index contributed by atoms with van der Waals surface area (Å²) in [5.74, 6) is 0.127. The van der Waals surface area contributed by atoms with Crippen LogP contribution in [0.15, 0.2) is 6.20 Å². The number of hydrogen-bond acceptors (Lipinski definition) is 5. The molecule has 0 saturated heterocycles. The van der Waals surface area contributed by atoms with Crippen molar-refractivity contribution in [2.24, 2.45) is 0 Å². The van der Waals surface area contributed by atoms with Crippen LogP contribution in [-0.2, 0) is 15.6 Å². The number of nitrogens with zero attached hydrogens (tertiary/aromatic N) is 2. The van der Waals surface area contributed by atoms with Crippen molar-refractivity contribution in [2.45, 2.75) is 19.1 Å². The second-order valence-corrected chi connectivity index (χ2v) is 6.12. The van der Waals surface area contributed by atoms with E-state index in [-0.39, 0.29) is 11.5 Å². The van der Waals surface area contributed by atoms with Crippen LogP contribution in [0.3, 0.4) is 0 Å². The summed E-state index contributed by atoms with van der Waals surface area (Å²) in [6, 6.07) is 1.93. The smallest absolute Gasteiger partial charge is 0.156 e. The van der Waals surface area contributed by atoms with Gasteiger partial charge in [-0.25, -0.2) is 13.4 Å². The third-order valence-electron chi connectivity index (χ3n) is 1.52. The van der Waals surface area contributed by atoms with Gasteiger partial charge in [-0.15, -0.1) is 11.3 Å². The molecule has 1 rings (SSSR count). The fourth-order valence-corrected chi connectivity index (χ4v) is 3.50. The second-order valence-electron chi connectivity index (χ2n) is 2.82. The van der Waals surface area contributed by atoms with E-state index in [2.05, 4.69) is 4.98 Å². The predicted molar refractivity (Wildman–Crippen MR) is 54.6 cm³/mol. The Morgan fingerprint density at radius 3 is 2.86 bits per heavy atom. The number of hydrogen-bond donors (Lipinski definition) is 0. The average Bonchev–Trinajstić information content (AvgIpc) is 2.51. The molecule has 0 atom stereocenters. The van der Waals surface area contributed by atoms with Gasteiger partial charge in [0, 0.05) is 0 Å². The molecular formula is C8H10N2O2S2. The van der Waals surface area contributed by atoms with E-state index in [1.165, 1.54) is 6.20 Å². The molecule has 0 unspecified atom stereocenters. The maximum atomic E-state index is 11.4. The first-order valence-corrected chi connectivity index (χ1v) is 6.76. The standard InChI is InChI=1S/C8H10N2O2S2/c1-2-3-14(11,12)6-8-10-5-7(4-9)13-8/h5H,2-3,6H2,1H3. The molecule has 0 aliphatic rings. The van der Waals surface area contributed by atoms with E-state index < -0.39 is 9.84 Å². The zero-order valence-corrected chi connectivity index (χ0v) is 9.36. The predicted octanol–water partition coefficient (Wildman–Crippen LogP) is 1.34. The number of sulfone groups is 1. The highest BCUT2D eigenvalue weighted by atomic mass is 32.2. The van der Waals surface area contributed by atoms with E-state index >= 15 is 0 Å². The molecule has 0 aromatic carbocycles. The Morgan fingerprint density at radius 2 is 2.36 bits per heavy atom. The van der Waals surface area contributed by atoms with E-state index in [1.807, 2.05) is 13.0 Å². The Bertz CT molecular complexity index is 442. The van der Waals surface area contributed by atoms with Gasteiger partial charge in [-0.3, -0.25) is 0 Å². The van der Waals surface area contributed by atoms with Gasteiger partial charge in [-0.1, -0.05) is 6.92 Å². The first kappa shape index (κ1) is 11.1. The maximum absolute atomic E-state index is 11.4. The normalized spacial score (nSPS) is 11.1. The van der Waals surface area contributed by atoms with Gasteiger partial charge < -0.3 is 0 Å². The van der Waals surface area contributed by atoms with Crippen molar-refractivity contribution in [1.82, 2.24) is 4.98 Å². The molecule has 0 spiro atoms. The molecule has 0 aliphatic carbocycles. The van der Waals surface area contributed by atoms with Crippen LogP contribution in [0.4, 0.5) is 0 Å². The molecule has 76 valence electrons. The van der Waals surface area contributed by atoms with Gasteiger partial charge in [0.25, 0.3) is 0 Å². The largest absolute Gasteiger partial charge is 0.247 e. The number of nitriles is 1. The van der Waals surface area contributed by atoms with Crippen LogP contribution in [0.25, 0.3) is 0 Å². The molecule has 0 bridgehead atoms. The Labute approximate surface area is 87.1 Å². The van der Waals surface area contributed by atoms with Crippen molar-refractivity contribution in [1.29, 1.82) is 5.26 Å². The fourth-order valence-electron chi connectivity index (χ4n) is 1.000. The highest BCUT2D eigenvalue weighted by Gasteiger charge is 2.13. The van der Waals surface area contributed by atoms with Gasteiger partial charge in [-0.2, -0.15) is 5.26 Å². The Kier molecular flexibility index (Phi) is 3.61. The van der Waals surface area contributed by atoms with Gasteiger partial charge in [0.15, 0.2) is 9.84 Å². The summed E-state index contributed by atoms with van der Waals surface area (Å²) in [7, 11) is -3.04. The quantitative estimate of drug-likeness (QED) is 0.782. The summed E-state index contributed by atoms with van der Waals surface area (Å²) in [6.07, 6.45) is 2.01. The van der Waals surface area contributed by atoms with Crippen molar-refractivity contribution < 1.29 is 8.42 Å². The van der Waals surface area contributed by atoms with Crippen LogP contribution in [0.2, 0.25) is 0 Å². The molecule has 0 amide bonds. The Balaban J connectivity index is 2.75. The molecule has 0 saturated carbocycles. The molecule has 1 aromatic heterocycles. The van der Waals surface area contributed by atoms with E-state index in [4.69, 9.17) is 5.26 Å². The topological polar surface area (TPSA) is 70.8 Å². The van der Waals surface area contributed by atoms with Gasteiger partial charge in [0.2, 0.25) is 0 Å². The average molecular weight is 230 g/mol. The van der Waals surface area contributed by atoms with Crippen molar-refractivity contribution in [3.05, 3.63) is 16.1 Å². The summed E-state index contributed by atoms with van der Waals surface area (Å²) in [4.78, 5) is 4.32. The van der Waals surface area contributed by atoms with Crippen molar-refractivity contribution in [3.8, 4) is 6.07 Å². The van der Waals surface area contributed by atoms with Crippen LogP contribution >= 0.6 is 11.3 Å². The van der Waals surface area contributed by atoms with E-state index in [9.17, 15) is 8.42 Å². The van der Waals surface area contributed by atoms with Crippen LogP contribution < -0.4 is 0 Å². The van der Waals surface area contributed by atoms with Gasteiger partial charge in [-0.05, 0) is 6.42 Å². The molecule has 14 heavy (non-hydrogen) atoms. The minimum absolute atomic E-state index is 0.0484. The summed E-state index contributed by atoms with van der Waals surface area (Å²) >= 11 is 1.13. The highest BCUT2D eigenvalue weighted by Crippen LogP contribution is 2.15. The van der Waals surface area contributed by atoms with Gasteiger partial charge in [0.1, 0.15) is 21.7 Å². The number of thiazole rings is 1. The SMILES string of the molecule is CCCS(=O)(=O)Cc1ncc(C#N)s1. The second kappa shape index (κ2) is 4.53. The Hall–Kier alpha value is -0.930. The fraction of sp³-hybridized carbons (Fsp3) is 0.500. The van der Waals surface area contributed by atoms with Gasteiger partial charge >= 0.3 is 0 Å². The molecule has 1 heterocycles. The lowest BCUT2D eigenvalue weighted by Gasteiger charge is -1.97. The molecular weight excluding hydrogens is 220 g/mol. The number of aromatic nitrogens is 1. The number of rotatable bonds is 4. The molecule has 0 aliphatic heterocycles. The highest BCUT2D eigenvalue weighted by molar-refractivity contribution is 7.90. The van der Waals surface area contributed by atoms with Crippen LogP contribution in [0.1, 0.15) is 23.2 Å². The lowest BCUT2D eigenvalue weighted by atomic mass is 10.6. The van der Waals surface area contributed by atoms with Crippen molar-refractivity contribution in [2.75, 3.05) is 5.75 Å². The zero-order valence-electron chi connectivity index (χ0n) is 7.73. The van der Waals surface area contributed by atoms with E-state index in [0.717, 1.165) is 11.3 Å². The molecule has 0 radical (unpaired) electrons. The minimum Gasteiger partial charge on any atom is -0.247 e. The van der Waals surface area contributed by atoms with Crippen LogP contribution in [0, 0.1) is 11.3 Å². The van der Waals surface area contributed by atoms with E-state index in [1.54, 1.807) is 0 Å². The van der Waals surface area contributed by atoms with Crippen molar-refractivity contribution >= 4 is 21.2 Å². The molecule has 0 N–H and O–H groups in total. The first-order chi connectivity index (χ1) is 6.57. The summed E-state index contributed by atoms with van der Waals surface area (Å²) < 4.78 is 22.8. The van der Waals surface area contributed by atoms with Crippen molar-refractivity contribution in [3.63, 3.8) is 0 Å². The summed E-state index contributed by atoms with van der Waals surface area (Å²) in [6.45, 7) is 1.82. The first-order valence-electron chi connectivity index (χ1n) is 4.12. The summed E-state index contributed by atoms with van der Waals surface area (Å²) in [5.41, 5.74) is 0. The van der Waals surface area contributed by atoms with Gasteiger partial charge in [0.05, 0.1) is 11.9 Å². The zero-order chi connectivity index (χ0) is 10.6. The lowest BCUT2D eigenvalue weighted by Crippen LogP contribution is -2.08. The van der Waals surface area contributed by atoms with Crippen LogP contribution in [-0.4, -0.2) is 19.2 Å². The molecule has 0 fully saturated rings. The van der Waals surface area contributed by atoms with Crippen LogP contribution in [0.5, 0.6) is 0 Å². The molecule has 4 nitrogen and oxygen atoms in total. The lowest BCUT2D eigenvalue weighted by molar-refractivity contribution is 0.594. The maximum Gasteiger partial charge on any atom is 0.156 e. The molecule has 6 heteroatoms. The third kappa shape index (κ3) is 3.09.